The summed E-state index contributed by atoms with van der Waals surface area (Å²) >= 11 is 0. The molecule has 2 aromatic rings. The summed E-state index contributed by atoms with van der Waals surface area (Å²) in [5.41, 5.74) is 2.50. The smallest absolute Gasteiger partial charge is 0.418 e. The molecule has 0 N–H and O–H groups in total. The predicted molar refractivity (Wildman–Crippen MR) is 100 cm³/mol. The average Bonchev–Trinajstić information content (AvgIpc) is 3.19. The van der Waals surface area contributed by atoms with Gasteiger partial charge in [0.05, 0.1) is 12.6 Å². The molecule has 1 aliphatic carbocycles. The second-order valence-electron chi connectivity index (χ2n) is 7.63. The molecule has 3 rings (SSSR count). The van der Waals surface area contributed by atoms with Crippen LogP contribution in [0, 0.1) is 0 Å². The van der Waals surface area contributed by atoms with Crippen molar-refractivity contribution in [1.82, 2.24) is 4.57 Å². The Balaban J connectivity index is 2.00. The van der Waals surface area contributed by atoms with E-state index in [1.807, 2.05) is 39.0 Å². The van der Waals surface area contributed by atoms with Crippen LogP contribution >= 0.6 is 0 Å². The molecular formula is C21H25NO4. The number of nitrogens with zero attached hydrogens (tertiary/aromatic N) is 1. The van der Waals surface area contributed by atoms with Crippen LogP contribution in [-0.4, -0.2) is 29.3 Å². The third-order valence-electron chi connectivity index (χ3n) is 4.64. The zero-order chi connectivity index (χ0) is 18.9. The molecule has 1 saturated carbocycles. The first-order valence-electron chi connectivity index (χ1n) is 8.92. The maximum Gasteiger partial charge on any atom is 0.418 e. The molecule has 1 atom stereocenters. The number of aromatic nitrogens is 1. The van der Waals surface area contributed by atoms with E-state index in [1.165, 1.54) is 7.11 Å². The SMILES string of the molecule is COC(=O)/C=C1\CCCC1c1cccc2c1ccn2C(=O)OC(C)(C)C. The summed E-state index contributed by atoms with van der Waals surface area (Å²) in [6, 6.07) is 7.89. The van der Waals surface area contributed by atoms with Crippen LogP contribution in [0.2, 0.25) is 0 Å². The minimum absolute atomic E-state index is 0.173. The highest BCUT2D eigenvalue weighted by Gasteiger charge is 2.26. The predicted octanol–water partition coefficient (Wildman–Crippen LogP) is 4.79. The number of carbonyl (C=O) groups excluding carboxylic acids is 2. The van der Waals surface area contributed by atoms with E-state index in [9.17, 15) is 9.59 Å². The first kappa shape index (κ1) is 18.2. The molecule has 138 valence electrons. The lowest BCUT2D eigenvalue weighted by molar-refractivity contribution is -0.134. The van der Waals surface area contributed by atoms with E-state index in [0.717, 1.165) is 41.3 Å². The Labute approximate surface area is 153 Å². The van der Waals surface area contributed by atoms with E-state index in [0.29, 0.717) is 0 Å². The van der Waals surface area contributed by atoms with Gasteiger partial charge in [0.25, 0.3) is 0 Å². The Bertz CT molecular complexity index is 870. The van der Waals surface area contributed by atoms with Crippen molar-refractivity contribution in [1.29, 1.82) is 0 Å². The highest BCUT2D eigenvalue weighted by Crippen LogP contribution is 2.42. The van der Waals surface area contributed by atoms with Gasteiger partial charge in [-0.25, -0.2) is 9.59 Å². The standard InChI is InChI=1S/C21H25NO4/c1-21(2,3)26-20(24)22-12-11-17-16(9-6-10-18(17)22)15-8-5-7-14(15)13-19(23)25-4/h6,9-13,15H,5,7-8H2,1-4H3/b14-13+. The fourth-order valence-electron chi connectivity index (χ4n) is 3.57. The zero-order valence-electron chi connectivity index (χ0n) is 15.7. The molecule has 0 saturated heterocycles. The van der Waals surface area contributed by atoms with E-state index >= 15 is 0 Å². The van der Waals surface area contributed by atoms with Gasteiger partial charge in [0.1, 0.15) is 5.60 Å². The van der Waals surface area contributed by atoms with Crippen molar-refractivity contribution >= 4 is 23.0 Å². The van der Waals surface area contributed by atoms with Gasteiger partial charge in [0, 0.05) is 23.6 Å². The number of benzene rings is 1. The van der Waals surface area contributed by atoms with Crippen molar-refractivity contribution in [2.45, 2.75) is 51.6 Å². The Kier molecular flexibility index (Phi) is 4.90. The highest BCUT2D eigenvalue weighted by molar-refractivity contribution is 5.92. The molecule has 0 aliphatic heterocycles. The number of hydrogen-bond acceptors (Lipinski definition) is 4. The van der Waals surface area contributed by atoms with Crippen molar-refractivity contribution in [3.05, 3.63) is 47.7 Å². The van der Waals surface area contributed by atoms with Gasteiger partial charge in [-0.3, -0.25) is 4.57 Å². The van der Waals surface area contributed by atoms with Gasteiger partial charge in [-0.1, -0.05) is 17.7 Å². The fraction of sp³-hybridized carbons (Fsp3) is 0.429. The van der Waals surface area contributed by atoms with Crippen molar-refractivity contribution in [3.8, 4) is 0 Å². The summed E-state index contributed by atoms with van der Waals surface area (Å²) in [7, 11) is 1.39. The monoisotopic (exact) mass is 355 g/mol. The van der Waals surface area contributed by atoms with Crippen LogP contribution in [-0.2, 0) is 14.3 Å². The van der Waals surface area contributed by atoms with Gasteiger partial charge >= 0.3 is 12.1 Å². The van der Waals surface area contributed by atoms with Crippen molar-refractivity contribution in [2.75, 3.05) is 7.11 Å². The molecule has 26 heavy (non-hydrogen) atoms. The lowest BCUT2D eigenvalue weighted by Gasteiger charge is -2.20. The fourth-order valence-corrected chi connectivity index (χ4v) is 3.57. The van der Waals surface area contributed by atoms with Crippen LogP contribution in [0.15, 0.2) is 42.1 Å². The summed E-state index contributed by atoms with van der Waals surface area (Å²) in [6.45, 7) is 5.55. The summed E-state index contributed by atoms with van der Waals surface area (Å²) in [6.07, 6.45) is 5.89. The third kappa shape index (κ3) is 3.66. The molecule has 1 unspecified atom stereocenters. The Hall–Kier alpha value is -2.56. The van der Waals surface area contributed by atoms with Crippen LogP contribution in [0.5, 0.6) is 0 Å². The molecule has 1 aromatic carbocycles. The lowest BCUT2D eigenvalue weighted by atomic mass is 9.91. The quantitative estimate of drug-likeness (QED) is 0.574. The molecule has 0 spiro atoms. The first-order valence-corrected chi connectivity index (χ1v) is 8.92. The molecule has 1 heterocycles. The number of carbonyl (C=O) groups is 2. The molecule has 0 bridgehead atoms. The van der Waals surface area contributed by atoms with E-state index in [2.05, 4.69) is 6.07 Å². The molecular weight excluding hydrogens is 330 g/mol. The molecule has 1 aliphatic rings. The van der Waals surface area contributed by atoms with Crippen molar-refractivity contribution in [2.24, 2.45) is 0 Å². The second-order valence-corrected chi connectivity index (χ2v) is 7.63. The van der Waals surface area contributed by atoms with Crippen LogP contribution in [0.1, 0.15) is 51.5 Å². The number of esters is 1. The number of methoxy groups -OCH3 is 1. The minimum atomic E-state index is -0.548. The van der Waals surface area contributed by atoms with Gasteiger partial charge < -0.3 is 9.47 Å². The minimum Gasteiger partial charge on any atom is -0.466 e. The van der Waals surface area contributed by atoms with Gasteiger partial charge in [0.15, 0.2) is 0 Å². The van der Waals surface area contributed by atoms with E-state index in [1.54, 1.807) is 16.8 Å². The molecule has 0 amide bonds. The van der Waals surface area contributed by atoms with Gasteiger partial charge in [-0.2, -0.15) is 0 Å². The summed E-state index contributed by atoms with van der Waals surface area (Å²) in [5.74, 6) is -0.141. The molecule has 0 radical (unpaired) electrons. The van der Waals surface area contributed by atoms with Gasteiger partial charge in [0.2, 0.25) is 0 Å². The molecule has 1 fully saturated rings. The lowest BCUT2D eigenvalue weighted by Crippen LogP contribution is -2.26. The topological polar surface area (TPSA) is 57.5 Å². The highest BCUT2D eigenvalue weighted by atomic mass is 16.6. The van der Waals surface area contributed by atoms with Crippen LogP contribution < -0.4 is 0 Å². The first-order chi connectivity index (χ1) is 12.3. The largest absolute Gasteiger partial charge is 0.466 e. The van der Waals surface area contributed by atoms with Gasteiger partial charge in [-0.05, 0) is 57.7 Å². The molecule has 5 heteroatoms. The number of rotatable bonds is 2. The maximum atomic E-state index is 12.5. The maximum absolute atomic E-state index is 12.5. The number of ether oxygens (including phenoxy) is 2. The second kappa shape index (κ2) is 6.98. The van der Waals surface area contributed by atoms with E-state index in [4.69, 9.17) is 9.47 Å². The van der Waals surface area contributed by atoms with E-state index in [-0.39, 0.29) is 18.0 Å². The van der Waals surface area contributed by atoms with Crippen molar-refractivity contribution < 1.29 is 19.1 Å². The molecule has 1 aromatic heterocycles. The van der Waals surface area contributed by atoms with Crippen LogP contribution in [0.4, 0.5) is 4.79 Å². The number of allylic oxidation sites excluding steroid dienone is 1. The zero-order valence-corrected chi connectivity index (χ0v) is 15.7. The number of fused-ring (bicyclic) bond motifs is 1. The molecule has 5 nitrogen and oxygen atoms in total. The Morgan fingerprint density at radius 1 is 1.23 bits per heavy atom. The summed E-state index contributed by atoms with van der Waals surface area (Å²) in [4.78, 5) is 24.2. The Morgan fingerprint density at radius 2 is 2.00 bits per heavy atom. The Morgan fingerprint density at radius 3 is 2.69 bits per heavy atom. The summed E-state index contributed by atoms with van der Waals surface area (Å²) < 4.78 is 11.8. The van der Waals surface area contributed by atoms with Crippen LogP contribution in [0.3, 0.4) is 0 Å². The van der Waals surface area contributed by atoms with E-state index < -0.39 is 5.60 Å². The van der Waals surface area contributed by atoms with Crippen molar-refractivity contribution in [3.63, 3.8) is 0 Å². The average molecular weight is 355 g/mol. The summed E-state index contributed by atoms with van der Waals surface area (Å²) in [5, 5.41) is 1.01. The number of hydrogen-bond donors (Lipinski definition) is 0. The van der Waals surface area contributed by atoms with Gasteiger partial charge in [-0.15, -0.1) is 0 Å². The third-order valence-corrected chi connectivity index (χ3v) is 4.64. The van der Waals surface area contributed by atoms with Crippen LogP contribution in [0.25, 0.3) is 10.9 Å². The normalized spacial score (nSPS) is 19.1.